The quantitative estimate of drug-likeness (QED) is 0.219. The van der Waals surface area contributed by atoms with Crippen LogP contribution in [0.3, 0.4) is 0 Å². The number of likely N-dealkylation sites (tertiary alicyclic amines) is 1. The second-order valence-corrected chi connectivity index (χ2v) is 17.4. The summed E-state index contributed by atoms with van der Waals surface area (Å²) in [6.45, 7) is 6.25. The van der Waals surface area contributed by atoms with Crippen molar-refractivity contribution in [3.05, 3.63) is 28.7 Å². The number of hydrogen-bond donors (Lipinski definition) is 2. The summed E-state index contributed by atoms with van der Waals surface area (Å²) < 4.78 is 41.5. The molecule has 3 aromatic heterocycles. The van der Waals surface area contributed by atoms with Crippen molar-refractivity contribution in [1.82, 2.24) is 30.0 Å². The number of pyridine rings is 1. The molecule has 2 N–H and O–H groups in total. The number of nitrogens with one attached hydrogen (secondary N) is 1. The van der Waals surface area contributed by atoms with Crippen molar-refractivity contribution in [2.45, 2.75) is 88.3 Å². The Balaban J connectivity index is 1.08. The lowest BCUT2D eigenvalue weighted by Gasteiger charge is -2.60. The van der Waals surface area contributed by atoms with Gasteiger partial charge in [0.05, 0.1) is 58.4 Å². The van der Waals surface area contributed by atoms with Crippen molar-refractivity contribution in [1.29, 1.82) is 0 Å². The van der Waals surface area contributed by atoms with Crippen LogP contribution in [0.25, 0.3) is 33.1 Å². The van der Waals surface area contributed by atoms with Crippen LogP contribution < -0.4 is 14.4 Å². The maximum Gasteiger partial charge on any atom is 0.319 e. The molecule has 10 rings (SSSR count). The first-order valence-electron chi connectivity index (χ1n) is 19.3. The summed E-state index contributed by atoms with van der Waals surface area (Å²) in [4.78, 5) is 19.4. The molecular formula is C39H47ClFN7O5. The average molecular weight is 748 g/mol. The summed E-state index contributed by atoms with van der Waals surface area (Å²) in [6.07, 6.45) is 11.6. The van der Waals surface area contributed by atoms with Gasteiger partial charge in [0.15, 0.2) is 5.82 Å². The molecule has 1 unspecified atom stereocenters. The van der Waals surface area contributed by atoms with Crippen molar-refractivity contribution in [3.63, 3.8) is 0 Å². The Hall–Kier alpha value is -3.36. The van der Waals surface area contributed by atoms with Crippen molar-refractivity contribution in [3.8, 4) is 23.1 Å². The lowest BCUT2D eigenvalue weighted by atomic mass is 9.62. The highest BCUT2D eigenvalue weighted by molar-refractivity contribution is 6.33. The minimum atomic E-state index is -1.17. The van der Waals surface area contributed by atoms with Gasteiger partial charge in [-0.25, -0.2) is 9.37 Å². The molecule has 4 aromatic rings. The number of anilines is 1. The van der Waals surface area contributed by atoms with Gasteiger partial charge in [0, 0.05) is 45.4 Å². The number of aliphatic hydroxyl groups is 1. The topological polar surface area (TPSA) is 131 Å². The number of fused-ring (bicyclic) bond motifs is 3. The fourth-order valence-corrected chi connectivity index (χ4v) is 10.7. The molecule has 53 heavy (non-hydrogen) atoms. The minimum Gasteiger partial charge on any atom is -0.480 e. The van der Waals surface area contributed by atoms with Gasteiger partial charge in [0.25, 0.3) is 0 Å². The van der Waals surface area contributed by atoms with Crippen LogP contribution >= 0.6 is 11.6 Å². The normalized spacial score (nSPS) is 28.9. The van der Waals surface area contributed by atoms with Gasteiger partial charge < -0.3 is 29.0 Å². The third-order valence-electron chi connectivity index (χ3n) is 13.1. The molecule has 0 bridgehead atoms. The van der Waals surface area contributed by atoms with Gasteiger partial charge in [0.1, 0.15) is 28.0 Å². The summed E-state index contributed by atoms with van der Waals surface area (Å²) >= 11 is 6.89. The third-order valence-corrected chi connectivity index (χ3v) is 13.4. The fourth-order valence-electron chi connectivity index (χ4n) is 10.4. The number of nitrogens with zero attached hydrogens (tertiary/aromatic N) is 6. The molecule has 3 aliphatic heterocycles. The highest BCUT2D eigenvalue weighted by Crippen LogP contribution is 2.55. The zero-order valence-corrected chi connectivity index (χ0v) is 31.2. The Morgan fingerprint density at radius 3 is 2.68 bits per heavy atom. The van der Waals surface area contributed by atoms with Crippen LogP contribution in [0.4, 0.5) is 10.2 Å². The van der Waals surface area contributed by atoms with E-state index in [1.807, 2.05) is 11.0 Å². The van der Waals surface area contributed by atoms with E-state index in [-0.39, 0.29) is 47.6 Å². The highest BCUT2D eigenvalue weighted by Gasteiger charge is 2.57. The van der Waals surface area contributed by atoms with Crippen LogP contribution in [0.5, 0.6) is 11.9 Å². The smallest absolute Gasteiger partial charge is 0.319 e. The molecule has 6 aliphatic rings. The average Bonchev–Trinajstić information content (AvgIpc) is 3.72. The van der Waals surface area contributed by atoms with Gasteiger partial charge in [-0.05, 0) is 82.4 Å². The van der Waals surface area contributed by atoms with Crippen molar-refractivity contribution < 1.29 is 28.4 Å². The summed E-state index contributed by atoms with van der Waals surface area (Å²) in [7, 11) is 1.52. The molecule has 6 fully saturated rings. The molecule has 14 heteroatoms. The lowest BCUT2D eigenvalue weighted by molar-refractivity contribution is -0.196. The second kappa shape index (κ2) is 12.6. The first-order valence-corrected chi connectivity index (χ1v) is 19.7. The summed E-state index contributed by atoms with van der Waals surface area (Å²) in [5.41, 5.74) is 1.49. The number of β-amino-alcohol motifs (C(OH)–C–C–N with tert-alkyl or cyclic N) is 1. The van der Waals surface area contributed by atoms with Crippen molar-refractivity contribution in [2.24, 2.45) is 10.8 Å². The van der Waals surface area contributed by atoms with Crippen LogP contribution in [-0.4, -0.2) is 113 Å². The maximum absolute atomic E-state index is 17.5. The predicted octanol–water partition coefficient (Wildman–Crippen LogP) is 6.03. The number of methoxy groups -OCH3 is 1. The molecule has 1 spiro atoms. The molecule has 3 atom stereocenters. The van der Waals surface area contributed by atoms with Crippen LogP contribution in [0, 0.1) is 16.6 Å². The maximum atomic E-state index is 17.5. The number of aromatic amines is 1. The number of rotatable bonds is 8. The number of benzene rings is 1. The Morgan fingerprint density at radius 2 is 1.91 bits per heavy atom. The number of aromatic nitrogens is 5. The summed E-state index contributed by atoms with van der Waals surface area (Å²) in [5, 5.41) is 20.1. The molecule has 1 aromatic carbocycles. The zero-order chi connectivity index (χ0) is 36.1. The molecule has 3 saturated heterocycles. The van der Waals surface area contributed by atoms with E-state index < -0.39 is 11.4 Å². The number of piperidine rings is 1. The number of hydrogen-bond acceptors (Lipinski definition) is 11. The van der Waals surface area contributed by atoms with E-state index in [0.717, 1.165) is 75.7 Å². The van der Waals surface area contributed by atoms with E-state index in [4.69, 9.17) is 45.5 Å². The molecule has 0 amide bonds. The summed E-state index contributed by atoms with van der Waals surface area (Å²) in [5.74, 6) is 0.146. The van der Waals surface area contributed by atoms with E-state index in [1.165, 1.54) is 20.0 Å². The molecule has 12 nitrogen and oxygen atoms in total. The van der Waals surface area contributed by atoms with Gasteiger partial charge >= 0.3 is 6.01 Å². The van der Waals surface area contributed by atoms with E-state index in [2.05, 4.69) is 15.1 Å². The Morgan fingerprint density at radius 1 is 1.08 bits per heavy atom. The number of H-pyrrole nitrogens is 1. The van der Waals surface area contributed by atoms with Crippen molar-refractivity contribution in [2.75, 3.05) is 64.7 Å². The third kappa shape index (κ3) is 5.67. The fraction of sp³-hybridized carbons (Fsp3) is 0.641. The lowest BCUT2D eigenvalue weighted by Crippen LogP contribution is -2.64. The predicted molar refractivity (Wildman–Crippen MR) is 197 cm³/mol. The van der Waals surface area contributed by atoms with Gasteiger partial charge in [0.2, 0.25) is 5.88 Å². The first kappa shape index (κ1) is 34.2. The summed E-state index contributed by atoms with van der Waals surface area (Å²) in [6, 6.07) is 2.99. The van der Waals surface area contributed by atoms with E-state index in [0.29, 0.717) is 64.6 Å². The zero-order valence-electron chi connectivity index (χ0n) is 30.4. The standard InChI is InChI=1S/C39H47ClFN7O5/c1-37(49)17-47(11-12-51-18-37)34-30-33(31(41)32(43-35(30)50-2)29-24-16-42-46-26(24)13-25(40)28(29)22-6-7-22)44-36(45-34)53-21-39-8-3-5-27(39)48(10-4-9-39)23-14-38(15-23)19-52-20-38/h13,16,22-23,27,49H,3-12,14-15,17-21H2,1-2H3,(H,42,46)/t27-,37+,39?/m1/s1. The molecule has 3 aliphatic carbocycles. The number of halogens is 2. The largest absolute Gasteiger partial charge is 0.480 e. The van der Waals surface area contributed by atoms with E-state index in [1.54, 1.807) is 13.1 Å². The SMILES string of the molecule is COc1nc(-c2c(C3CC3)c(Cl)cc3[nH]ncc23)c(F)c2nc(OCC34CCC[C@H]3N(C3CC5(COC5)C3)CCC4)nc(N3CCOC[C@@](C)(O)C3)c12. The Kier molecular flexibility index (Phi) is 8.11. The van der Waals surface area contributed by atoms with Crippen LogP contribution in [0.1, 0.15) is 76.2 Å². The highest BCUT2D eigenvalue weighted by atomic mass is 35.5. The van der Waals surface area contributed by atoms with Crippen LogP contribution in [-0.2, 0) is 9.47 Å². The van der Waals surface area contributed by atoms with E-state index >= 15 is 4.39 Å². The Labute approximate surface area is 312 Å². The molecule has 0 radical (unpaired) electrons. The Bertz CT molecular complexity index is 2080. The first-order chi connectivity index (χ1) is 25.7. The van der Waals surface area contributed by atoms with Gasteiger partial charge in [-0.1, -0.05) is 18.0 Å². The molecule has 6 heterocycles. The second-order valence-electron chi connectivity index (χ2n) is 17.0. The van der Waals surface area contributed by atoms with Crippen LogP contribution in [0.15, 0.2) is 12.3 Å². The van der Waals surface area contributed by atoms with E-state index in [9.17, 15) is 5.11 Å². The monoisotopic (exact) mass is 747 g/mol. The van der Waals surface area contributed by atoms with Gasteiger partial charge in [-0.2, -0.15) is 15.1 Å². The number of ether oxygens (including phenoxy) is 4. The van der Waals surface area contributed by atoms with Gasteiger partial charge in [-0.15, -0.1) is 0 Å². The van der Waals surface area contributed by atoms with Crippen molar-refractivity contribution >= 4 is 39.2 Å². The molecular weight excluding hydrogens is 701 g/mol. The molecule has 282 valence electrons. The molecule has 3 saturated carbocycles. The van der Waals surface area contributed by atoms with Gasteiger partial charge in [-0.3, -0.25) is 10.00 Å². The van der Waals surface area contributed by atoms with Crippen LogP contribution in [0.2, 0.25) is 5.02 Å². The minimum absolute atomic E-state index is 0.0256.